The molecule has 19 heteroatoms. The number of rotatable bonds is 73. The monoisotopic (exact) mass is 1370 g/mol. The largest absolute Gasteiger partial charge is 0.472 e. The highest BCUT2D eigenvalue weighted by Gasteiger charge is 2.30. The summed E-state index contributed by atoms with van der Waals surface area (Å²) in [5.74, 6) is -0.504. The van der Waals surface area contributed by atoms with Gasteiger partial charge >= 0.3 is 39.5 Å². The van der Waals surface area contributed by atoms with E-state index in [4.69, 9.17) is 37.0 Å². The van der Waals surface area contributed by atoms with Crippen molar-refractivity contribution < 1.29 is 80.2 Å². The highest BCUT2D eigenvalue weighted by Crippen LogP contribution is 2.45. The number of phosphoric ester groups is 2. The van der Waals surface area contributed by atoms with Crippen LogP contribution in [0, 0.1) is 11.8 Å². The lowest BCUT2D eigenvalue weighted by atomic mass is 10.0. The van der Waals surface area contributed by atoms with Gasteiger partial charge in [-0.25, -0.2) is 9.13 Å². The molecule has 0 saturated heterocycles. The highest BCUT2D eigenvalue weighted by atomic mass is 31.2. The first kappa shape index (κ1) is 91.1. The Morgan fingerprint density at radius 2 is 0.495 bits per heavy atom. The number of aliphatic hydroxyl groups is 1. The lowest BCUT2D eigenvalue weighted by molar-refractivity contribution is -0.161. The Morgan fingerprint density at radius 1 is 0.290 bits per heavy atom. The fourth-order valence-corrected chi connectivity index (χ4v) is 12.9. The topological polar surface area (TPSA) is 237 Å². The van der Waals surface area contributed by atoms with Crippen molar-refractivity contribution in [3.8, 4) is 0 Å². The average Bonchev–Trinajstić information content (AvgIpc) is 1.65. The molecule has 3 N–H and O–H groups in total. The van der Waals surface area contributed by atoms with Gasteiger partial charge in [-0.3, -0.25) is 37.3 Å². The number of carbonyl (C=O) groups excluding carboxylic acids is 4. The first-order chi connectivity index (χ1) is 44.9. The molecule has 0 saturated carbocycles. The maximum absolute atomic E-state index is 13.1. The van der Waals surface area contributed by atoms with E-state index < -0.39 is 97.5 Å². The van der Waals surface area contributed by atoms with E-state index in [1.807, 2.05) is 0 Å². The third kappa shape index (κ3) is 68.4. The third-order valence-corrected chi connectivity index (χ3v) is 19.1. The standard InChI is InChI=1S/C74H144O17P2/c1-7-9-11-13-15-39-46-52-58-73(78)90-69(62-84-71(76)56-50-44-36-14-12-10-8-2)64-88-92(80,81)86-60-68(75)61-87-93(82,83)89-65-70(91-74(79)59-53-47-41-35-31-27-23-19-17-21-25-29-33-38-43-49-55-67(5)6)63-85-72(77)57-51-45-40-34-30-26-22-18-16-20-24-28-32-37-42-48-54-66(3)4/h66-70,75H,7-65H2,1-6H3,(H,80,81)(H,82,83)/t68-,69+,70+/m0/s1. The van der Waals surface area contributed by atoms with Crippen LogP contribution in [0.5, 0.6) is 0 Å². The minimum Gasteiger partial charge on any atom is -0.462 e. The fourth-order valence-electron chi connectivity index (χ4n) is 11.3. The Balaban J connectivity index is 5.14. The molecule has 0 heterocycles. The first-order valence-electron chi connectivity index (χ1n) is 38.5. The van der Waals surface area contributed by atoms with Crippen molar-refractivity contribution in [2.45, 2.75) is 400 Å². The minimum absolute atomic E-state index is 0.105. The van der Waals surface area contributed by atoms with Crippen LogP contribution in [0.3, 0.4) is 0 Å². The zero-order valence-electron chi connectivity index (χ0n) is 60.6. The Morgan fingerprint density at radius 3 is 0.731 bits per heavy atom. The molecule has 17 nitrogen and oxygen atoms in total. The van der Waals surface area contributed by atoms with E-state index >= 15 is 0 Å². The van der Waals surface area contributed by atoms with Crippen molar-refractivity contribution in [1.82, 2.24) is 0 Å². The highest BCUT2D eigenvalue weighted by molar-refractivity contribution is 7.47. The molecule has 552 valence electrons. The molecule has 0 aliphatic rings. The first-order valence-corrected chi connectivity index (χ1v) is 41.5. The lowest BCUT2D eigenvalue weighted by Gasteiger charge is -2.21. The molecule has 93 heavy (non-hydrogen) atoms. The number of phosphoric acid groups is 2. The van der Waals surface area contributed by atoms with E-state index in [0.29, 0.717) is 25.7 Å². The second kappa shape index (κ2) is 66.0. The number of hydrogen-bond donors (Lipinski definition) is 3. The van der Waals surface area contributed by atoms with Crippen LogP contribution < -0.4 is 0 Å². The van der Waals surface area contributed by atoms with Crippen LogP contribution in [0.1, 0.15) is 382 Å². The Labute approximate surface area is 568 Å². The maximum Gasteiger partial charge on any atom is 0.472 e. The quantitative estimate of drug-likeness (QED) is 0.0222. The van der Waals surface area contributed by atoms with Crippen LogP contribution >= 0.6 is 15.6 Å². The number of hydrogen-bond acceptors (Lipinski definition) is 15. The van der Waals surface area contributed by atoms with Crippen molar-refractivity contribution in [1.29, 1.82) is 0 Å². The number of aliphatic hydroxyl groups excluding tert-OH is 1. The summed E-state index contributed by atoms with van der Waals surface area (Å²) < 4.78 is 68.2. The van der Waals surface area contributed by atoms with Crippen molar-refractivity contribution in [3.63, 3.8) is 0 Å². The van der Waals surface area contributed by atoms with E-state index in [1.165, 1.54) is 180 Å². The van der Waals surface area contributed by atoms with Gasteiger partial charge < -0.3 is 33.8 Å². The molecule has 0 bridgehead atoms. The third-order valence-electron chi connectivity index (χ3n) is 17.2. The molecule has 0 aromatic rings. The van der Waals surface area contributed by atoms with Gasteiger partial charge in [0.05, 0.1) is 26.4 Å². The molecule has 0 spiro atoms. The summed E-state index contributed by atoms with van der Waals surface area (Å²) in [4.78, 5) is 72.4. The average molecular weight is 1370 g/mol. The summed E-state index contributed by atoms with van der Waals surface area (Å²) in [6.07, 6.45) is 53.1. The molecular weight excluding hydrogens is 1220 g/mol. The van der Waals surface area contributed by atoms with E-state index in [9.17, 15) is 43.2 Å². The summed E-state index contributed by atoms with van der Waals surface area (Å²) in [6, 6.07) is 0. The molecule has 5 atom stereocenters. The summed E-state index contributed by atoms with van der Waals surface area (Å²) in [5.41, 5.74) is 0. The zero-order chi connectivity index (χ0) is 68.6. The van der Waals surface area contributed by atoms with Crippen LogP contribution in [-0.4, -0.2) is 96.7 Å². The van der Waals surface area contributed by atoms with Crippen LogP contribution in [0.2, 0.25) is 0 Å². The van der Waals surface area contributed by atoms with Gasteiger partial charge in [-0.2, -0.15) is 0 Å². The normalized spacial score (nSPS) is 14.1. The molecule has 0 rings (SSSR count). The molecule has 2 unspecified atom stereocenters. The van der Waals surface area contributed by atoms with Gasteiger partial charge in [0.2, 0.25) is 0 Å². The van der Waals surface area contributed by atoms with Gasteiger partial charge in [0.1, 0.15) is 19.3 Å². The van der Waals surface area contributed by atoms with Gasteiger partial charge in [0.25, 0.3) is 0 Å². The van der Waals surface area contributed by atoms with Crippen LogP contribution in [0.4, 0.5) is 0 Å². The smallest absolute Gasteiger partial charge is 0.462 e. The molecular formula is C74H144O17P2. The summed E-state index contributed by atoms with van der Waals surface area (Å²) in [6.45, 7) is 9.57. The van der Waals surface area contributed by atoms with E-state index in [2.05, 4.69) is 41.5 Å². The molecule has 0 radical (unpaired) electrons. The summed E-state index contributed by atoms with van der Waals surface area (Å²) in [5, 5.41) is 10.6. The van der Waals surface area contributed by atoms with Gasteiger partial charge in [0.15, 0.2) is 12.2 Å². The predicted molar refractivity (Wildman–Crippen MR) is 377 cm³/mol. The molecule has 0 aliphatic carbocycles. The number of carbonyl (C=O) groups is 4. The van der Waals surface area contributed by atoms with Gasteiger partial charge in [-0.15, -0.1) is 0 Å². The van der Waals surface area contributed by atoms with Gasteiger partial charge in [0, 0.05) is 25.7 Å². The van der Waals surface area contributed by atoms with Crippen molar-refractivity contribution in [2.24, 2.45) is 11.8 Å². The molecule has 0 aromatic heterocycles. The van der Waals surface area contributed by atoms with E-state index in [1.54, 1.807) is 0 Å². The van der Waals surface area contributed by atoms with Crippen molar-refractivity contribution in [2.75, 3.05) is 39.6 Å². The summed E-state index contributed by atoms with van der Waals surface area (Å²) >= 11 is 0. The maximum atomic E-state index is 13.1. The van der Waals surface area contributed by atoms with E-state index in [-0.39, 0.29) is 25.7 Å². The van der Waals surface area contributed by atoms with Crippen molar-refractivity contribution >= 4 is 39.5 Å². The Hall–Kier alpha value is -1.94. The zero-order valence-corrected chi connectivity index (χ0v) is 62.3. The van der Waals surface area contributed by atoms with Crippen LogP contribution in [0.15, 0.2) is 0 Å². The Bertz CT molecular complexity index is 1800. The number of unbranched alkanes of at least 4 members (excludes halogenated alkanes) is 43. The second-order valence-electron chi connectivity index (χ2n) is 27.6. The minimum atomic E-state index is -4.95. The molecule has 0 fully saturated rings. The molecule has 0 aliphatic heterocycles. The van der Waals surface area contributed by atoms with E-state index in [0.717, 1.165) is 121 Å². The predicted octanol–water partition coefficient (Wildman–Crippen LogP) is 21.6. The second-order valence-corrected chi connectivity index (χ2v) is 30.5. The van der Waals surface area contributed by atoms with Gasteiger partial charge in [-0.05, 0) is 37.5 Å². The lowest BCUT2D eigenvalue weighted by Crippen LogP contribution is -2.30. The fraction of sp³-hybridized carbons (Fsp3) is 0.946. The van der Waals surface area contributed by atoms with Crippen molar-refractivity contribution in [3.05, 3.63) is 0 Å². The summed E-state index contributed by atoms with van der Waals surface area (Å²) in [7, 11) is -9.90. The van der Waals surface area contributed by atoms with Crippen LogP contribution in [-0.2, 0) is 65.4 Å². The number of ether oxygens (including phenoxy) is 4. The van der Waals surface area contributed by atoms with Gasteiger partial charge in [-0.1, -0.05) is 330 Å². The Kier molecular flexibility index (Phi) is 64.6. The number of esters is 4. The molecule has 0 amide bonds. The SMILES string of the molecule is CCCCCCCCCCC(=O)O[C@H](COC(=O)CCCCCCCCC)COP(=O)(O)OC[C@H](O)COP(=O)(O)OC[C@@H](COC(=O)CCCCCCCCCCCCCCCCCCC(C)C)OC(=O)CCCCCCCCCCCCCCCCCCC(C)C. The van der Waals surface area contributed by atoms with Crippen LogP contribution in [0.25, 0.3) is 0 Å². The molecule has 0 aromatic carbocycles.